The average Bonchev–Trinajstić information content (AvgIpc) is 3.18. The maximum Gasteiger partial charge on any atom is 0.247 e. The highest BCUT2D eigenvalue weighted by Crippen LogP contribution is 2.28. The van der Waals surface area contributed by atoms with Gasteiger partial charge in [0.25, 0.3) is 0 Å². The Hall–Kier alpha value is -3.14. The van der Waals surface area contributed by atoms with Crippen LogP contribution in [0.4, 0.5) is 21.0 Å². The van der Waals surface area contributed by atoms with E-state index in [-0.39, 0.29) is 0 Å². The number of ether oxygens (including phenoxy) is 1. The molecule has 1 aliphatic rings. The maximum absolute atomic E-state index is 14.3. The first-order valence-electron chi connectivity index (χ1n) is 10.2. The fourth-order valence-electron chi connectivity index (χ4n) is 3.43. The Morgan fingerprint density at radius 2 is 2.09 bits per heavy atom. The first kappa shape index (κ1) is 22.1. The molecular weight excluding hydrogens is 429 g/mol. The number of pyridine rings is 1. The van der Waals surface area contributed by atoms with Crippen molar-refractivity contribution in [3.05, 3.63) is 65.4 Å². The topological polar surface area (TPSA) is 79.4 Å². The number of anilines is 3. The van der Waals surface area contributed by atoms with E-state index in [4.69, 9.17) is 9.72 Å². The van der Waals surface area contributed by atoms with Gasteiger partial charge >= 0.3 is 0 Å². The number of nitrogens with zero attached hydrogens (tertiary/aromatic N) is 3. The molecule has 0 atom stereocenters. The number of halogens is 1. The molecule has 9 heteroatoms. The zero-order valence-electron chi connectivity index (χ0n) is 17.7. The van der Waals surface area contributed by atoms with E-state index in [0.29, 0.717) is 36.0 Å². The van der Waals surface area contributed by atoms with Gasteiger partial charge in [-0.05, 0) is 48.9 Å². The van der Waals surface area contributed by atoms with Crippen LogP contribution >= 0.6 is 11.3 Å². The van der Waals surface area contributed by atoms with Crippen LogP contribution in [0, 0.1) is 12.7 Å². The van der Waals surface area contributed by atoms with Crippen LogP contribution in [0.2, 0.25) is 0 Å². The minimum atomic E-state index is -0.465. The van der Waals surface area contributed by atoms with Crippen LogP contribution in [0.1, 0.15) is 10.4 Å². The van der Waals surface area contributed by atoms with Gasteiger partial charge in [0.15, 0.2) is 5.13 Å². The van der Waals surface area contributed by atoms with Crippen LogP contribution in [0.3, 0.4) is 0 Å². The molecule has 166 valence electrons. The Balaban J connectivity index is 1.69. The van der Waals surface area contributed by atoms with Gasteiger partial charge in [0.2, 0.25) is 5.91 Å². The van der Waals surface area contributed by atoms with Crippen LogP contribution in [-0.2, 0) is 16.1 Å². The summed E-state index contributed by atoms with van der Waals surface area (Å²) in [5.74, 6) is -0.245. The van der Waals surface area contributed by atoms with Crippen LogP contribution in [0.15, 0.2) is 49.2 Å². The Kier molecular flexibility index (Phi) is 6.89. The summed E-state index contributed by atoms with van der Waals surface area (Å²) in [6.07, 6.45) is 2.94. The number of nitrogens with one attached hydrogen (secondary N) is 2. The predicted octanol–water partition coefficient (Wildman–Crippen LogP) is 4.35. The number of thiazole rings is 1. The lowest BCUT2D eigenvalue weighted by molar-refractivity contribution is -0.111. The number of hydrogen-bond donors (Lipinski definition) is 2. The summed E-state index contributed by atoms with van der Waals surface area (Å²) < 4.78 is 19.8. The number of morpholine rings is 1. The van der Waals surface area contributed by atoms with Gasteiger partial charge < -0.3 is 15.4 Å². The van der Waals surface area contributed by atoms with E-state index in [2.05, 4.69) is 27.1 Å². The van der Waals surface area contributed by atoms with E-state index in [1.54, 1.807) is 12.3 Å². The molecule has 0 spiro atoms. The van der Waals surface area contributed by atoms with Crippen LogP contribution in [0.5, 0.6) is 0 Å². The molecule has 1 amide bonds. The minimum Gasteiger partial charge on any atom is -0.379 e. The molecule has 0 unspecified atom stereocenters. The molecule has 1 aliphatic heterocycles. The van der Waals surface area contributed by atoms with Crippen molar-refractivity contribution >= 4 is 33.9 Å². The molecule has 0 bridgehead atoms. The lowest BCUT2D eigenvalue weighted by Gasteiger charge is -2.26. The van der Waals surface area contributed by atoms with Crippen molar-refractivity contribution in [3.63, 3.8) is 0 Å². The second-order valence-corrected chi connectivity index (χ2v) is 8.69. The minimum absolute atomic E-state index is 0.343. The van der Waals surface area contributed by atoms with Crippen molar-refractivity contribution < 1.29 is 13.9 Å². The van der Waals surface area contributed by atoms with E-state index in [9.17, 15) is 9.18 Å². The second-order valence-electron chi connectivity index (χ2n) is 7.46. The predicted molar refractivity (Wildman–Crippen MR) is 125 cm³/mol. The molecule has 7 nitrogen and oxygen atoms in total. The zero-order chi connectivity index (χ0) is 22.5. The second kappa shape index (κ2) is 9.99. The summed E-state index contributed by atoms with van der Waals surface area (Å²) in [7, 11) is 0. The van der Waals surface area contributed by atoms with Gasteiger partial charge in [-0.15, -0.1) is 11.3 Å². The molecule has 1 saturated heterocycles. The fourth-order valence-corrected chi connectivity index (χ4v) is 4.10. The zero-order valence-corrected chi connectivity index (χ0v) is 18.5. The van der Waals surface area contributed by atoms with Crippen molar-refractivity contribution in [1.29, 1.82) is 0 Å². The normalized spacial score (nSPS) is 14.2. The third-order valence-electron chi connectivity index (χ3n) is 4.90. The summed E-state index contributed by atoms with van der Waals surface area (Å²) >= 11 is 1.53. The highest BCUT2D eigenvalue weighted by Gasteiger charge is 2.14. The van der Waals surface area contributed by atoms with E-state index >= 15 is 0 Å². The summed E-state index contributed by atoms with van der Waals surface area (Å²) in [4.78, 5) is 24.1. The Morgan fingerprint density at radius 3 is 2.81 bits per heavy atom. The van der Waals surface area contributed by atoms with E-state index in [1.807, 2.05) is 19.1 Å². The number of hydrogen-bond acceptors (Lipinski definition) is 7. The summed E-state index contributed by atoms with van der Waals surface area (Å²) in [5, 5.41) is 6.61. The average molecular weight is 454 g/mol. The number of amides is 1. The van der Waals surface area contributed by atoms with Gasteiger partial charge in [-0.3, -0.25) is 9.69 Å². The standard InChI is InChI=1S/C23H24FN5O2S/c1-3-22(30)26-19-11-17(10-18(24)12-19)20-8-16(14-29-4-6-31-7-5-29)9-21(27-20)28-23-25-13-15(2)32-23/h3,8-13H,1,4-7,14H2,2H3,(H,26,30)(H,25,27,28). The first-order chi connectivity index (χ1) is 15.5. The monoisotopic (exact) mass is 453 g/mol. The van der Waals surface area contributed by atoms with Gasteiger partial charge in [0.1, 0.15) is 11.6 Å². The largest absolute Gasteiger partial charge is 0.379 e. The molecule has 2 aromatic heterocycles. The Bertz CT molecular complexity index is 1130. The molecule has 3 aromatic rings. The molecule has 2 N–H and O–H groups in total. The maximum atomic E-state index is 14.3. The van der Waals surface area contributed by atoms with Crippen LogP contribution < -0.4 is 10.6 Å². The van der Waals surface area contributed by atoms with E-state index in [0.717, 1.165) is 41.3 Å². The third kappa shape index (κ3) is 5.76. The van der Waals surface area contributed by atoms with Crippen molar-refractivity contribution in [1.82, 2.24) is 14.9 Å². The quantitative estimate of drug-likeness (QED) is 0.518. The molecule has 0 radical (unpaired) electrons. The number of carbonyl (C=O) groups excluding carboxylic acids is 1. The number of carbonyl (C=O) groups is 1. The van der Waals surface area contributed by atoms with Crippen molar-refractivity contribution in [2.45, 2.75) is 13.5 Å². The Morgan fingerprint density at radius 1 is 1.28 bits per heavy atom. The molecule has 0 saturated carbocycles. The summed E-state index contributed by atoms with van der Waals surface area (Å²) in [6.45, 7) is 9.26. The molecule has 3 heterocycles. The smallest absolute Gasteiger partial charge is 0.247 e. The molecule has 0 aliphatic carbocycles. The highest BCUT2D eigenvalue weighted by molar-refractivity contribution is 7.15. The summed E-state index contributed by atoms with van der Waals surface area (Å²) in [6, 6.07) is 8.29. The summed E-state index contributed by atoms with van der Waals surface area (Å²) in [5.41, 5.74) is 2.54. The van der Waals surface area contributed by atoms with E-state index in [1.165, 1.54) is 23.5 Å². The van der Waals surface area contributed by atoms with E-state index < -0.39 is 11.7 Å². The van der Waals surface area contributed by atoms with Crippen molar-refractivity contribution in [2.24, 2.45) is 0 Å². The number of aryl methyl sites for hydroxylation is 1. The SMILES string of the molecule is C=CC(=O)Nc1cc(F)cc(-c2cc(CN3CCOCC3)cc(Nc3ncc(C)s3)n2)c1. The van der Waals surface area contributed by atoms with Gasteiger partial charge in [-0.2, -0.15) is 0 Å². The van der Waals surface area contributed by atoms with Gasteiger partial charge in [0, 0.05) is 42.0 Å². The number of aromatic nitrogens is 2. The molecule has 1 fully saturated rings. The highest BCUT2D eigenvalue weighted by atomic mass is 32.1. The van der Waals surface area contributed by atoms with Gasteiger partial charge in [-0.1, -0.05) is 6.58 Å². The lowest BCUT2D eigenvalue weighted by Crippen LogP contribution is -2.35. The molecule has 4 rings (SSSR count). The molecule has 1 aromatic carbocycles. The number of rotatable bonds is 7. The van der Waals surface area contributed by atoms with Crippen molar-refractivity contribution in [2.75, 3.05) is 36.9 Å². The van der Waals surface area contributed by atoms with Crippen LogP contribution in [-0.4, -0.2) is 47.1 Å². The molecular formula is C23H24FN5O2S. The van der Waals surface area contributed by atoms with Crippen LogP contribution in [0.25, 0.3) is 11.3 Å². The van der Waals surface area contributed by atoms with Gasteiger partial charge in [-0.25, -0.2) is 14.4 Å². The fraction of sp³-hybridized carbons (Fsp3) is 0.261. The van der Waals surface area contributed by atoms with Crippen molar-refractivity contribution in [3.8, 4) is 11.3 Å². The number of benzene rings is 1. The van der Waals surface area contributed by atoms with Gasteiger partial charge in [0.05, 0.1) is 18.9 Å². The lowest BCUT2D eigenvalue weighted by atomic mass is 10.1. The molecule has 32 heavy (non-hydrogen) atoms. The first-order valence-corrected chi connectivity index (χ1v) is 11.0. The third-order valence-corrected chi connectivity index (χ3v) is 5.73. The Labute approximate surface area is 190 Å².